The summed E-state index contributed by atoms with van der Waals surface area (Å²) in [5, 5.41) is 0. The molecule has 0 saturated carbocycles. The van der Waals surface area contributed by atoms with Crippen LogP contribution >= 0.6 is 0 Å². The molecule has 0 bridgehead atoms. The van der Waals surface area contributed by atoms with E-state index < -0.39 is 0 Å². The Bertz CT molecular complexity index is 650. The van der Waals surface area contributed by atoms with Gasteiger partial charge in [0.05, 0.1) is 11.0 Å². The monoisotopic (exact) mass is 288 g/mol. The maximum Gasteiger partial charge on any atom is 0.326 e. The normalized spacial score (nSPS) is 23.7. The second-order valence-electron chi connectivity index (χ2n) is 6.31. The first kappa shape index (κ1) is 14.4. The van der Waals surface area contributed by atoms with Crippen LogP contribution < -0.4 is 11.4 Å². The Morgan fingerprint density at radius 2 is 2.10 bits per heavy atom. The third-order valence-electron chi connectivity index (χ3n) is 4.31. The van der Waals surface area contributed by atoms with Crippen LogP contribution in [0.1, 0.15) is 19.8 Å². The summed E-state index contributed by atoms with van der Waals surface area (Å²) in [4.78, 5) is 17.3. The molecule has 2 unspecified atom stereocenters. The first-order chi connectivity index (χ1) is 10.1. The van der Waals surface area contributed by atoms with Crippen molar-refractivity contribution < 1.29 is 0 Å². The minimum absolute atomic E-state index is 0.0140. The number of nitrogens with one attached hydrogen (secondary N) is 1. The Morgan fingerprint density at radius 1 is 1.29 bits per heavy atom. The molecule has 1 fully saturated rings. The van der Waals surface area contributed by atoms with E-state index in [1.54, 1.807) is 0 Å². The second-order valence-corrected chi connectivity index (χ2v) is 6.31. The van der Waals surface area contributed by atoms with Gasteiger partial charge in [0, 0.05) is 25.7 Å². The summed E-state index contributed by atoms with van der Waals surface area (Å²) in [6.07, 6.45) is 2.10. The van der Waals surface area contributed by atoms with Crippen molar-refractivity contribution in [2.75, 3.05) is 19.6 Å². The van der Waals surface area contributed by atoms with Crippen LogP contribution in [0.15, 0.2) is 29.1 Å². The summed E-state index contributed by atoms with van der Waals surface area (Å²) >= 11 is 0. The molecule has 1 aromatic heterocycles. The molecular weight excluding hydrogens is 264 g/mol. The minimum Gasteiger partial charge on any atom is -0.327 e. The van der Waals surface area contributed by atoms with Gasteiger partial charge >= 0.3 is 5.69 Å². The number of aromatic nitrogens is 2. The summed E-state index contributed by atoms with van der Waals surface area (Å²) in [6.45, 7) is 6.12. The molecule has 114 valence electrons. The van der Waals surface area contributed by atoms with Crippen molar-refractivity contribution in [2.24, 2.45) is 11.7 Å². The summed E-state index contributed by atoms with van der Waals surface area (Å²) in [6, 6.07) is 8.14. The fraction of sp³-hybridized carbons (Fsp3) is 0.562. The Hall–Kier alpha value is -1.59. The number of aromatic amines is 1. The van der Waals surface area contributed by atoms with Crippen molar-refractivity contribution in [3.63, 3.8) is 0 Å². The number of nitrogens with zero attached hydrogens (tertiary/aromatic N) is 2. The molecule has 0 radical (unpaired) electrons. The Labute approximate surface area is 124 Å². The van der Waals surface area contributed by atoms with Crippen LogP contribution in [0, 0.1) is 5.92 Å². The van der Waals surface area contributed by atoms with E-state index >= 15 is 0 Å². The largest absolute Gasteiger partial charge is 0.327 e. The molecule has 21 heavy (non-hydrogen) atoms. The molecule has 3 N–H and O–H groups in total. The van der Waals surface area contributed by atoms with Crippen LogP contribution in [0.25, 0.3) is 11.0 Å². The van der Waals surface area contributed by atoms with E-state index in [-0.39, 0.29) is 5.69 Å². The van der Waals surface area contributed by atoms with Gasteiger partial charge in [-0.3, -0.25) is 4.57 Å². The molecule has 5 nitrogen and oxygen atoms in total. The molecule has 3 rings (SSSR count). The third kappa shape index (κ3) is 3.19. The standard InChI is InChI=1S/C16H24N4O/c1-12-9-13(17)11-19(10-12)7-4-8-20-15-6-3-2-5-14(15)18-16(20)21/h2-3,5-6,12-13H,4,7-11,17H2,1H3,(H,18,21). The SMILES string of the molecule is CC1CC(N)CN(CCCn2c(=O)[nH]c3ccccc32)C1. The number of fused-ring (bicyclic) bond motifs is 1. The van der Waals surface area contributed by atoms with Crippen LogP contribution in [-0.2, 0) is 6.54 Å². The summed E-state index contributed by atoms with van der Waals surface area (Å²) in [5.74, 6) is 0.671. The number of benzene rings is 1. The van der Waals surface area contributed by atoms with Crippen molar-refractivity contribution in [1.82, 2.24) is 14.5 Å². The highest BCUT2D eigenvalue weighted by atomic mass is 16.1. The zero-order chi connectivity index (χ0) is 14.8. The van der Waals surface area contributed by atoms with E-state index in [0.29, 0.717) is 12.0 Å². The number of para-hydroxylation sites is 2. The molecule has 1 aromatic carbocycles. The van der Waals surface area contributed by atoms with Crippen molar-refractivity contribution >= 4 is 11.0 Å². The average Bonchev–Trinajstić information content (AvgIpc) is 2.74. The quantitative estimate of drug-likeness (QED) is 0.893. The minimum atomic E-state index is -0.0140. The van der Waals surface area contributed by atoms with E-state index in [0.717, 1.165) is 50.1 Å². The molecule has 1 aliphatic rings. The number of H-pyrrole nitrogens is 1. The van der Waals surface area contributed by atoms with Crippen LogP contribution in [-0.4, -0.2) is 40.1 Å². The van der Waals surface area contributed by atoms with Crippen LogP contribution in [0.2, 0.25) is 0 Å². The topological polar surface area (TPSA) is 67.0 Å². The highest BCUT2D eigenvalue weighted by Gasteiger charge is 2.21. The number of nitrogens with two attached hydrogens (primary N) is 1. The lowest BCUT2D eigenvalue weighted by atomic mass is 9.96. The number of hydrogen-bond donors (Lipinski definition) is 2. The molecule has 0 amide bonds. The summed E-state index contributed by atoms with van der Waals surface area (Å²) in [7, 11) is 0. The van der Waals surface area contributed by atoms with Crippen molar-refractivity contribution in [2.45, 2.75) is 32.4 Å². The van der Waals surface area contributed by atoms with Gasteiger partial charge in [-0.15, -0.1) is 0 Å². The first-order valence-electron chi connectivity index (χ1n) is 7.79. The van der Waals surface area contributed by atoms with Gasteiger partial charge in [0.2, 0.25) is 0 Å². The molecule has 5 heteroatoms. The molecule has 1 saturated heterocycles. The average molecular weight is 288 g/mol. The van der Waals surface area contributed by atoms with Gasteiger partial charge in [0.25, 0.3) is 0 Å². The van der Waals surface area contributed by atoms with Crippen molar-refractivity contribution in [1.29, 1.82) is 0 Å². The van der Waals surface area contributed by atoms with Gasteiger partial charge < -0.3 is 15.6 Å². The smallest absolute Gasteiger partial charge is 0.326 e. The lowest BCUT2D eigenvalue weighted by Gasteiger charge is -2.34. The number of hydrogen-bond acceptors (Lipinski definition) is 3. The zero-order valence-corrected chi connectivity index (χ0v) is 12.6. The Morgan fingerprint density at radius 3 is 2.90 bits per heavy atom. The molecule has 0 aliphatic carbocycles. The van der Waals surface area contributed by atoms with E-state index in [1.165, 1.54) is 0 Å². The highest BCUT2D eigenvalue weighted by Crippen LogP contribution is 2.15. The maximum absolute atomic E-state index is 12.0. The van der Waals surface area contributed by atoms with Crippen LogP contribution in [0.3, 0.4) is 0 Å². The second kappa shape index (κ2) is 6.03. The van der Waals surface area contributed by atoms with Gasteiger partial charge in [-0.25, -0.2) is 4.79 Å². The van der Waals surface area contributed by atoms with Gasteiger partial charge in [-0.05, 0) is 37.4 Å². The van der Waals surface area contributed by atoms with Gasteiger partial charge in [-0.1, -0.05) is 19.1 Å². The molecule has 1 aliphatic heterocycles. The molecule has 2 atom stereocenters. The molecule has 2 heterocycles. The van der Waals surface area contributed by atoms with E-state index in [4.69, 9.17) is 5.73 Å². The van der Waals surface area contributed by atoms with Crippen LogP contribution in [0.4, 0.5) is 0 Å². The number of imidazole rings is 1. The maximum atomic E-state index is 12.0. The van der Waals surface area contributed by atoms with Crippen LogP contribution in [0.5, 0.6) is 0 Å². The first-order valence-corrected chi connectivity index (χ1v) is 7.79. The Balaban J connectivity index is 1.62. The van der Waals surface area contributed by atoms with Gasteiger partial charge in [0.1, 0.15) is 0 Å². The number of piperidine rings is 1. The molecule has 0 spiro atoms. The van der Waals surface area contributed by atoms with E-state index in [2.05, 4.69) is 16.8 Å². The number of likely N-dealkylation sites (tertiary alicyclic amines) is 1. The lowest BCUT2D eigenvalue weighted by Crippen LogP contribution is -2.46. The van der Waals surface area contributed by atoms with Crippen molar-refractivity contribution in [3.05, 3.63) is 34.7 Å². The zero-order valence-electron chi connectivity index (χ0n) is 12.6. The third-order valence-corrected chi connectivity index (χ3v) is 4.31. The predicted octanol–water partition coefficient (Wildman–Crippen LogP) is 1.39. The summed E-state index contributed by atoms with van der Waals surface area (Å²) < 4.78 is 1.84. The fourth-order valence-electron chi connectivity index (χ4n) is 3.48. The summed E-state index contributed by atoms with van der Waals surface area (Å²) in [5.41, 5.74) is 7.97. The highest BCUT2D eigenvalue weighted by molar-refractivity contribution is 5.74. The van der Waals surface area contributed by atoms with Crippen molar-refractivity contribution in [3.8, 4) is 0 Å². The van der Waals surface area contributed by atoms with Gasteiger partial charge in [-0.2, -0.15) is 0 Å². The fourth-order valence-corrected chi connectivity index (χ4v) is 3.48. The van der Waals surface area contributed by atoms with Gasteiger partial charge in [0.15, 0.2) is 0 Å². The van der Waals surface area contributed by atoms with E-state index in [1.807, 2.05) is 28.8 Å². The predicted molar refractivity (Wildman–Crippen MR) is 85.4 cm³/mol. The number of aryl methyl sites for hydroxylation is 1. The lowest BCUT2D eigenvalue weighted by molar-refractivity contribution is 0.162. The van der Waals surface area contributed by atoms with E-state index in [9.17, 15) is 4.79 Å². The Kier molecular flexibility index (Phi) is 4.12. The molecular formula is C16H24N4O. The number of rotatable bonds is 4. The molecule has 2 aromatic rings.